The maximum absolute atomic E-state index is 8.27. The first kappa shape index (κ1) is 5.52. The molecule has 8 heavy (non-hydrogen) atoms. The van der Waals surface area contributed by atoms with Gasteiger partial charge in [-0.3, -0.25) is 0 Å². The third kappa shape index (κ3) is 0.958. The van der Waals surface area contributed by atoms with Gasteiger partial charge in [-0.1, -0.05) is 6.92 Å². The van der Waals surface area contributed by atoms with Crippen LogP contribution in [0.15, 0.2) is 0 Å². The summed E-state index contributed by atoms with van der Waals surface area (Å²) in [5.41, 5.74) is 9.24. The highest BCUT2D eigenvalue weighted by atomic mass is 14.9. The molecule has 2 nitrogen and oxygen atoms in total. The maximum Gasteiger partial charge on any atom is 0.269 e. The molecule has 1 aliphatic carbocycles. The lowest BCUT2D eigenvalue weighted by atomic mass is 10.1. The number of nitrogens with zero attached hydrogens (tertiary/aromatic N) is 2. The molecule has 0 heterocycles. The summed E-state index contributed by atoms with van der Waals surface area (Å²) in [5.74, 6) is 0.737. The molecule has 1 atom stereocenters. The van der Waals surface area contributed by atoms with Crippen molar-refractivity contribution in [1.29, 1.82) is 0 Å². The van der Waals surface area contributed by atoms with Crippen molar-refractivity contribution in [3.05, 3.63) is 5.53 Å². The summed E-state index contributed by atoms with van der Waals surface area (Å²) in [5, 5.41) is 0. The second kappa shape index (κ2) is 2.10. The Balaban J connectivity index is 2.56. The van der Waals surface area contributed by atoms with Crippen LogP contribution in [0, 0.1) is 5.92 Å². The van der Waals surface area contributed by atoms with Crippen LogP contribution in [0.2, 0.25) is 0 Å². The van der Waals surface area contributed by atoms with Crippen LogP contribution in [0.25, 0.3) is 5.53 Å². The number of hydrogen-bond donors (Lipinski definition) is 0. The van der Waals surface area contributed by atoms with Crippen LogP contribution in [0.4, 0.5) is 0 Å². The summed E-state index contributed by atoms with van der Waals surface area (Å²) in [6.45, 7) is 2.18. The third-order valence-electron chi connectivity index (χ3n) is 1.65. The van der Waals surface area contributed by atoms with E-state index in [1.54, 1.807) is 0 Å². The van der Waals surface area contributed by atoms with Gasteiger partial charge in [0.15, 0.2) is 0 Å². The molecule has 1 rings (SSSR count). The van der Waals surface area contributed by atoms with Gasteiger partial charge in [0, 0.05) is 12.8 Å². The zero-order chi connectivity index (χ0) is 5.98. The normalized spacial score (nSPS) is 28.1. The van der Waals surface area contributed by atoms with Gasteiger partial charge in [-0.25, -0.2) is 0 Å². The zero-order valence-electron chi connectivity index (χ0n) is 5.09. The minimum absolute atomic E-state index is 0.737. The highest BCUT2D eigenvalue weighted by Crippen LogP contribution is 2.20. The van der Waals surface area contributed by atoms with Crippen molar-refractivity contribution in [2.24, 2.45) is 5.92 Å². The first-order chi connectivity index (χ1) is 3.83. The standard InChI is InChI=1S/C6H10N2/c1-5-2-3-6(4-5)8-7/h5H,2-4H2,1H3. The van der Waals surface area contributed by atoms with Crippen molar-refractivity contribution >= 4 is 5.71 Å². The molecular formula is C6H10N2. The molecule has 0 spiro atoms. The van der Waals surface area contributed by atoms with Crippen LogP contribution in [-0.2, 0) is 0 Å². The van der Waals surface area contributed by atoms with Gasteiger partial charge < -0.3 is 5.53 Å². The van der Waals surface area contributed by atoms with E-state index in [0.29, 0.717) is 0 Å². The minimum atomic E-state index is 0.737. The molecule has 0 bridgehead atoms. The van der Waals surface area contributed by atoms with Crippen molar-refractivity contribution in [3.63, 3.8) is 0 Å². The van der Waals surface area contributed by atoms with Gasteiger partial charge in [-0.05, 0) is 12.3 Å². The van der Waals surface area contributed by atoms with E-state index in [1.165, 1.54) is 6.42 Å². The van der Waals surface area contributed by atoms with Gasteiger partial charge in [-0.15, -0.1) is 0 Å². The van der Waals surface area contributed by atoms with Gasteiger partial charge >= 0.3 is 0 Å². The van der Waals surface area contributed by atoms with E-state index in [0.717, 1.165) is 24.5 Å². The van der Waals surface area contributed by atoms with Gasteiger partial charge in [-0.2, -0.15) is 4.79 Å². The summed E-state index contributed by atoms with van der Waals surface area (Å²) in [6.07, 6.45) is 3.19. The molecule has 0 aromatic carbocycles. The van der Waals surface area contributed by atoms with Gasteiger partial charge in [0.2, 0.25) is 0 Å². The second-order valence-corrected chi connectivity index (χ2v) is 2.51. The Morgan fingerprint density at radius 3 is 2.75 bits per heavy atom. The van der Waals surface area contributed by atoms with Crippen LogP contribution in [0.5, 0.6) is 0 Å². The topological polar surface area (TPSA) is 36.4 Å². The molecule has 2 heteroatoms. The molecule has 0 aromatic rings. The predicted octanol–water partition coefficient (Wildman–Crippen LogP) is 1.48. The molecule has 0 N–H and O–H groups in total. The first-order valence-electron chi connectivity index (χ1n) is 3.02. The lowest BCUT2D eigenvalue weighted by molar-refractivity contribution is -0.00947. The molecule has 1 unspecified atom stereocenters. The maximum atomic E-state index is 8.27. The molecule has 1 fully saturated rings. The minimum Gasteiger partial charge on any atom is -0.362 e. The average molecular weight is 110 g/mol. The first-order valence-corrected chi connectivity index (χ1v) is 3.02. The highest BCUT2D eigenvalue weighted by molar-refractivity contribution is 5.81. The molecule has 44 valence electrons. The Morgan fingerprint density at radius 1 is 1.75 bits per heavy atom. The highest BCUT2D eigenvalue weighted by Gasteiger charge is 2.21. The summed E-state index contributed by atoms with van der Waals surface area (Å²) in [4.78, 5) is 3.15. The van der Waals surface area contributed by atoms with Gasteiger partial charge in [0.1, 0.15) is 0 Å². The quantitative estimate of drug-likeness (QED) is 0.334. The van der Waals surface area contributed by atoms with E-state index >= 15 is 0 Å². The van der Waals surface area contributed by atoms with E-state index in [-0.39, 0.29) is 0 Å². The Hall–Kier alpha value is -0.620. The molecule has 1 aliphatic rings. The SMILES string of the molecule is CC1CCC(=[N+]=[N-])C1. The van der Waals surface area contributed by atoms with Gasteiger partial charge in [0.25, 0.3) is 5.71 Å². The fourth-order valence-electron chi connectivity index (χ4n) is 1.11. The van der Waals surface area contributed by atoms with Crippen LogP contribution >= 0.6 is 0 Å². The predicted molar refractivity (Wildman–Crippen MR) is 31.6 cm³/mol. The van der Waals surface area contributed by atoms with E-state index in [9.17, 15) is 0 Å². The Morgan fingerprint density at radius 2 is 2.50 bits per heavy atom. The second-order valence-electron chi connectivity index (χ2n) is 2.51. The number of rotatable bonds is 0. The fraction of sp³-hybridized carbons (Fsp3) is 0.833. The van der Waals surface area contributed by atoms with E-state index < -0.39 is 0 Å². The lowest BCUT2D eigenvalue weighted by Crippen LogP contribution is -1.90. The van der Waals surface area contributed by atoms with Crippen molar-refractivity contribution < 1.29 is 4.79 Å². The van der Waals surface area contributed by atoms with Crippen LogP contribution in [0.1, 0.15) is 26.2 Å². The summed E-state index contributed by atoms with van der Waals surface area (Å²) < 4.78 is 0. The van der Waals surface area contributed by atoms with E-state index in [4.69, 9.17) is 5.53 Å². The lowest BCUT2D eigenvalue weighted by Gasteiger charge is -1.88. The smallest absolute Gasteiger partial charge is 0.269 e. The fourth-order valence-corrected chi connectivity index (χ4v) is 1.11. The summed E-state index contributed by atoms with van der Waals surface area (Å²) in [7, 11) is 0. The average Bonchev–Trinajstić information content (AvgIpc) is 2.14. The molecular weight excluding hydrogens is 100 g/mol. The van der Waals surface area contributed by atoms with Crippen molar-refractivity contribution in [1.82, 2.24) is 0 Å². The monoisotopic (exact) mass is 110 g/mol. The van der Waals surface area contributed by atoms with Crippen molar-refractivity contribution in [2.45, 2.75) is 26.2 Å². The molecule has 0 aliphatic heterocycles. The molecule has 0 saturated heterocycles. The van der Waals surface area contributed by atoms with Gasteiger partial charge in [0.05, 0.1) is 0 Å². The Bertz CT molecular complexity index is 133. The third-order valence-corrected chi connectivity index (χ3v) is 1.65. The molecule has 1 saturated carbocycles. The summed E-state index contributed by atoms with van der Waals surface area (Å²) >= 11 is 0. The molecule has 0 aromatic heterocycles. The van der Waals surface area contributed by atoms with Crippen molar-refractivity contribution in [2.75, 3.05) is 0 Å². The summed E-state index contributed by atoms with van der Waals surface area (Å²) in [6, 6.07) is 0. The van der Waals surface area contributed by atoms with Crippen molar-refractivity contribution in [3.8, 4) is 0 Å². The largest absolute Gasteiger partial charge is 0.362 e. The van der Waals surface area contributed by atoms with Crippen LogP contribution in [0.3, 0.4) is 0 Å². The Kier molecular flexibility index (Phi) is 1.45. The van der Waals surface area contributed by atoms with E-state index in [2.05, 4.69) is 11.7 Å². The molecule has 0 amide bonds. The zero-order valence-corrected chi connectivity index (χ0v) is 5.09. The number of hydrogen-bond acceptors (Lipinski definition) is 0. The molecule has 0 radical (unpaired) electrons. The van der Waals surface area contributed by atoms with Crippen LogP contribution in [-0.4, -0.2) is 10.5 Å². The van der Waals surface area contributed by atoms with E-state index in [1.807, 2.05) is 0 Å². The Labute approximate surface area is 49.1 Å². The van der Waals surface area contributed by atoms with Crippen LogP contribution < -0.4 is 0 Å².